The van der Waals surface area contributed by atoms with Crippen LogP contribution in [0.5, 0.6) is 0 Å². The van der Waals surface area contributed by atoms with Crippen LogP contribution in [0, 0.1) is 3.95 Å². The monoisotopic (exact) mass is 132 g/mol. The van der Waals surface area contributed by atoms with Gasteiger partial charge in [-0.1, -0.05) is 0 Å². The second-order valence-electron chi connectivity index (χ2n) is 1.08. The molecule has 1 aromatic heterocycles. The smallest absolute Gasteiger partial charge is 0.179 e. The van der Waals surface area contributed by atoms with E-state index in [1.54, 1.807) is 6.20 Å². The Kier molecular flexibility index (Phi) is 1.12. The van der Waals surface area contributed by atoms with E-state index in [0.717, 1.165) is 0 Å². The zero-order chi connectivity index (χ0) is 5.28. The summed E-state index contributed by atoms with van der Waals surface area (Å²) < 4.78 is 2.12. The Bertz CT molecular complexity index is 199. The van der Waals surface area contributed by atoms with Crippen LogP contribution in [0.3, 0.4) is 0 Å². The number of nitrogens with zero attached hydrogens (tertiary/aromatic N) is 1. The van der Waals surface area contributed by atoms with Gasteiger partial charge in [-0.15, -0.1) is 11.3 Å². The molecule has 4 heteroatoms. The molecule has 0 aliphatic heterocycles. The fourth-order valence-corrected chi connectivity index (χ4v) is 0.994. The number of nitrogen functional groups attached to an aromatic ring is 1. The first-order valence-corrected chi connectivity index (χ1v) is 3.01. The molecule has 0 bridgehead atoms. The van der Waals surface area contributed by atoms with E-state index >= 15 is 0 Å². The average Bonchev–Trinajstić information content (AvgIpc) is 1.91. The molecular formula is C3H4N2S2. The summed E-state index contributed by atoms with van der Waals surface area (Å²) in [5.41, 5.74) is 0. The molecule has 1 aromatic rings. The van der Waals surface area contributed by atoms with E-state index in [1.165, 1.54) is 16.0 Å². The van der Waals surface area contributed by atoms with E-state index in [0.29, 0.717) is 3.95 Å². The van der Waals surface area contributed by atoms with Gasteiger partial charge in [0.05, 0.1) is 0 Å². The Morgan fingerprint density at radius 1 is 1.86 bits per heavy atom. The van der Waals surface area contributed by atoms with Gasteiger partial charge in [0.15, 0.2) is 3.95 Å². The zero-order valence-corrected chi connectivity index (χ0v) is 5.13. The van der Waals surface area contributed by atoms with Crippen molar-refractivity contribution in [1.82, 2.24) is 4.68 Å². The maximum absolute atomic E-state index is 5.26. The summed E-state index contributed by atoms with van der Waals surface area (Å²) in [4.78, 5) is 0. The van der Waals surface area contributed by atoms with Crippen molar-refractivity contribution < 1.29 is 0 Å². The highest BCUT2D eigenvalue weighted by atomic mass is 32.1. The van der Waals surface area contributed by atoms with Crippen molar-refractivity contribution in [2.75, 3.05) is 5.84 Å². The van der Waals surface area contributed by atoms with Crippen LogP contribution in [0.1, 0.15) is 0 Å². The molecule has 1 rings (SSSR count). The molecule has 0 spiro atoms. The van der Waals surface area contributed by atoms with Gasteiger partial charge in [-0.05, 0) is 12.2 Å². The summed E-state index contributed by atoms with van der Waals surface area (Å²) in [5.74, 6) is 5.26. The summed E-state index contributed by atoms with van der Waals surface area (Å²) in [6, 6.07) is 0. The molecule has 0 saturated heterocycles. The molecule has 7 heavy (non-hydrogen) atoms. The van der Waals surface area contributed by atoms with Gasteiger partial charge in [-0.25, -0.2) is 4.68 Å². The van der Waals surface area contributed by atoms with Crippen molar-refractivity contribution >= 4 is 23.6 Å². The maximum atomic E-state index is 5.26. The Hall–Kier alpha value is -0.350. The number of aromatic nitrogens is 1. The number of nitrogens with two attached hydrogens (primary N) is 1. The topological polar surface area (TPSA) is 30.9 Å². The first kappa shape index (κ1) is 4.80. The van der Waals surface area contributed by atoms with Gasteiger partial charge in [0.2, 0.25) is 0 Å². The molecular weight excluding hydrogens is 128 g/mol. The minimum Gasteiger partial charge on any atom is -0.338 e. The number of hydrogen-bond acceptors (Lipinski definition) is 3. The highest BCUT2D eigenvalue weighted by molar-refractivity contribution is 7.73. The van der Waals surface area contributed by atoms with E-state index in [1.807, 2.05) is 5.38 Å². The van der Waals surface area contributed by atoms with E-state index in [2.05, 4.69) is 0 Å². The second kappa shape index (κ2) is 1.63. The molecule has 0 radical (unpaired) electrons. The molecule has 38 valence electrons. The van der Waals surface area contributed by atoms with E-state index < -0.39 is 0 Å². The molecule has 2 nitrogen and oxygen atoms in total. The summed E-state index contributed by atoms with van der Waals surface area (Å²) in [7, 11) is 0. The van der Waals surface area contributed by atoms with Gasteiger partial charge in [-0.3, -0.25) is 0 Å². The van der Waals surface area contributed by atoms with Gasteiger partial charge < -0.3 is 5.84 Å². The molecule has 2 N–H and O–H groups in total. The zero-order valence-electron chi connectivity index (χ0n) is 3.50. The van der Waals surface area contributed by atoms with E-state index in [9.17, 15) is 0 Å². The lowest BCUT2D eigenvalue weighted by Gasteiger charge is -1.81. The van der Waals surface area contributed by atoms with Crippen LogP contribution < -0.4 is 5.84 Å². The van der Waals surface area contributed by atoms with Crippen LogP contribution in [-0.2, 0) is 0 Å². The van der Waals surface area contributed by atoms with Gasteiger partial charge in [-0.2, -0.15) is 0 Å². The molecule has 0 saturated carbocycles. The Morgan fingerprint density at radius 3 is 2.71 bits per heavy atom. The van der Waals surface area contributed by atoms with Gasteiger partial charge in [0.25, 0.3) is 0 Å². The maximum Gasteiger partial charge on any atom is 0.179 e. The van der Waals surface area contributed by atoms with Crippen LogP contribution in [0.4, 0.5) is 0 Å². The fraction of sp³-hybridized carbons (Fsp3) is 0. The minimum atomic E-state index is 0.708. The molecule has 0 amide bonds. The van der Waals surface area contributed by atoms with Gasteiger partial charge in [0.1, 0.15) is 0 Å². The third-order valence-corrected chi connectivity index (χ3v) is 1.77. The van der Waals surface area contributed by atoms with Gasteiger partial charge in [0, 0.05) is 11.6 Å². The lowest BCUT2D eigenvalue weighted by molar-refractivity contribution is 1.01. The largest absolute Gasteiger partial charge is 0.338 e. The predicted molar refractivity (Wildman–Crippen MR) is 33.3 cm³/mol. The van der Waals surface area contributed by atoms with E-state index in [4.69, 9.17) is 18.1 Å². The number of rotatable bonds is 0. The molecule has 1 heterocycles. The van der Waals surface area contributed by atoms with Gasteiger partial charge >= 0.3 is 0 Å². The molecule has 0 aliphatic carbocycles. The SMILES string of the molecule is Nn1ccsc1=S. The Morgan fingerprint density at radius 2 is 2.57 bits per heavy atom. The second-order valence-corrected chi connectivity index (χ2v) is 2.62. The lowest BCUT2D eigenvalue weighted by atomic mass is 11.0. The van der Waals surface area contributed by atoms with Crippen molar-refractivity contribution in [3.8, 4) is 0 Å². The molecule has 0 atom stereocenters. The van der Waals surface area contributed by atoms with Crippen molar-refractivity contribution in [3.05, 3.63) is 15.5 Å². The number of hydrogen-bond donors (Lipinski definition) is 1. The van der Waals surface area contributed by atoms with Crippen LogP contribution in [0.25, 0.3) is 0 Å². The summed E-state index contributed by atoms with van der Waals surface area (Å²) in [5, 5.41) is 1.85. The molecule has 0 unspecified atom stereocenters. The Labute approximate surface area is 50.2 Å². The first-order chi connectivity index (χ1) is 3.30. The Balaban J connectivity index is 3.39. The quantitative estimate of drug-likeness (QED) is 0.421. The summed E-state index contributed by atoms with van der Waals surface area (Å²) in [6.07, 6.45) is 1.73. The molecule has 0 aromatic carbocycles. The van der Waals surface area contributed by atoms with E-state index in [-0.39, 0.29) is 0 Å². The molecule has 0 fully saturated rings. The lowest BCUT2D eigenvalue weighted by Crippen LogP contribution is -2.04. The van der Waals surface area contributed by atoms with Crippen molar-refractivity contribution in [3.63, 3.8) is 0 Å². The van der Waals surface area contributed by atoms with Crippen molar-refractivity contribution in [1.29, 1.82) is 0 Å². The average molecular weight is 132 g/mol. The summed E-state index contributed by atoms with van der Waals surface area (Å²) >= 11 is 6.20. The van der Waals surface area contributed by atoms with Crippen LogP contribution in [-0.4, -0.2) is 4.68 Å². The van der Waals surface area contributed by atoms with Crippen LogP contribution in [0.15, 0.2) is 11.6 Å². The standard InChI is InChI=1S/C3H4N2S2/c4-5-1-2-7-3(5)6/h1-2H,4H2. The first-order valence-electron chi connectivity index (χ1n) is 1.72. The highest BCUT2D eigenvalue weighted by Crippen LogP contribution is 1.96. The van der Waals surface area contributed by atoms with Crippen LogP contribution >= 0.6 is 23.6 Å². The fourth-order valence-electron chi connectivity index (χ4n) is 0.276. The third-order valence-electron chi connectivity index (χ3n) is 0.601. The number of thiazole rings is 1. The van der Waals surface area contributed by atoms with Crippen LogP contribution in [0.2, 0.25) is 0 Å². The highest BCUT2D eigenvalue weighted by Gasteiger charge is 1.79. The molecule has 0 aliphatic rings. The normalized spacial score (nSPS) is 9.14. The third kappa shape index (κ3) is 0.808. The minimum absolute atomic E-state index is 0.708. The van der Waals surface area contributed by atoms with Crippen molar-refractivity contribution in [2.24, 2.45) is 0 Å². The predicted octanol–water partition coefficient (Wildman–Crippen LogP) is 0.993. The van der Waals surface area contributed by atoms with Crippen molar-refractivity contribution in [2.45, 2.75) is 0 Å². The summed E-state index contributed by atoms with van der Waals surface area (Å²) in [6.45, 7) is 0.